The average Bonchev–Trinajstić information content (AvgIpc) is 2.48. The van der Waals surface area contributed by atoms with Gasteiger partial charge in [-0.05, 0) is 37.6 Å². The number of nitrogens with zero attached hydrogens (tertiary/aromatic N) is 2. The van der Waals surface area contributed by atoms with E-state index in [4.69, 9.17) is 4.98 Å². The van der Waals surface area contributed by atoms with Crippen LogP contribution in [0.1, 0.15) is 32.0 Å². The van der Waals surface area contributed by atoms with Crippen molar-refractivity contribution < 1.29 is 0 Å². The van der Waals surface area contributed by atoms with Crippen LogP contribution in [0.15, 0.2) is 42.5 Å². The molecule has 0 saturated carbocycles. The molecule has 0 aliphatic rings. The Labute approximate surface area is 128 Å². The highest BCUT2D eigenvalue weighted by molar-refractivity contribution is 5.63. The Morgan fingerprint density at radius 1 is 1.10 bits per heavy atom. The van der Waals surface area contributed by atoms with Crippen LogP contribution in [0, 0.1) is 6.92 Å². The Hall–Kier alpha value is -1.87. The monoisotopic (exact) mass is 283 g/mol. The maximum Gasteiger partial charge on any atom is 0.133 e. The molecule has 0 radical (unpaired) electrons. The first kappa shape index (κ1) is 15.5. The zero-order valence-corrected chi connectivity index (χ0v) is 13.4. The standard InChI is InChI=1S/C18H25N3/c1-5-21(17-11-7-6-9-15(17)4)18-12-8-10-16(20-18)13-19-14(2)3/h6-12,14,19H,5,13H2,1-4H3. The third-order valence-corrected chi connectivity index (χ3v) is 3.48. The van der Waals surface area contributed by atoms with E-state index in [9.17, 15) is 0 Å². The largest absolute Gasteiger partial charge is 0.326 e. The molecule has 0 aliphatic carbocycles. The van der Waals surface area contributed by atoms with E-state index in [1.807, 2.05) is 0 Å². The fourth-order valence-electron chi connectivity index (χ4n) is 2.35. The summed E-state index contributed by atoms with van der Waals surface area (Å²) < 4.78 is 0. The van der Waals surface area contributed by atoms with Gasteiger partial charge < -0.3 is 10.2 Å². The van der Waals surface area contributed by atoms with Crippen LogP contribution in [0.3, 0.4) is 0 Å². The fourth-order valence-corrected chi connectivity index (χ4v) is 2.35. The molecule has 1 aromatic carbocycles. The Balaban J connectivity index is 2.26. The van der Waals surface area contributed by atoms with Crippen molar-refractivity contribution in [3.05, 3.63) is 53.7 Å². The molecule has 2 rings (SSSR count). The van der Waals surface area contributed by atoms with Crippen molar-refractivity contribution in [2.45, 2.75) is 40.3 Å². The molecule has 3 heteroatoms. The van der Waals surface area contributed by atoms with Crippen LogP contribution >= 0.6 is 0 Å². The number of rotatable bonds is 6. The molecule has 0 bridgehead atoms. The first-order chi connectivity index (χ1) is 10.1. The number of nitrogens with one attached hydrogen (secondary N) is 1. The summed E-state index contributed by atoms with van der Waals surface area (Å²) in [5.74, 6) is 1.01. The summed E-state index contributed by atoms with van der Waals surface area (Å²) >= 11 is 0. The molecule has 112 valence electrons. The second-order valence-corrected chi connectivity index (χ2v) is 5.55. The first-order valence-electron chi connectivity index (χ1n) is 7.64. The van der Waals surface area contributed by atoms with Gasteiger partial charge in [0, 0.05) is 24.8 Å². The highest BCUT2D eigenvalue weighted by Crippen LogP contribution is 2.26. The van der Waals surface area contributed by atoms with Gasteiger partial charge in [0.15, 0.2) is 0 Å². The van der Waals surface area contributed by atoms with Gasteiger partial charge in [-0.3, -0.25) is 0 Å². The van der Waals surface area contributed by atoms with Crippen LogP contribution in [0.2, 0.25) is 0 Å². The Bertz CT molecular complexity index is 578. The maximum atomic E-state index is 4.80. The molecule has 0 spiro atoms. The van der Waals surface area contributed by atoms with E-state index in [0.717, 1.165) is 24.6 Å². The second-order valence-electron chi connectivity index (χ2n) is 5.55. The van der Waals surface area contributed by atoms with Gasteiger partial charge in [-0.1, -0.05) is 38.1 Å². The molecular formula is C18H25N3. The third kappa shape index (κ3) is 4.05. The number of benzene rings is 1. The van der Waals surface area contributed by atoms with E-state index in [1.165, 1.54) is 11.3 Å². The predicted octanol–water partition coefficient (Wildman–Crippen LogP) is 4.05. The zero-order valence-electron chi connectivity index (χ0n) is 13.4. The highest BCUT2D eigenvalue weighted by atomic mass is 15.2. The summed E-state index contributed by atoms with van der Waals surface area (Å²) in [5.41, 5.74) is 3.57. The molecule has 0 amide bonds. The van der Waals surface area contributed by atoms with Gasteiger partial charge in [-0.25, -0.2) is 4.98 Å². The van der Waals surface area contributed by atoms with Gasteiger partial charge in [0.05, 0.1) is 5.69 Å². The van der Waals surface area contributed by atoms with Crippen LogP contribution < -0.4 is 10.2 Å². The number of hydrogen-bond donors (Lipinski definition) is 1. The highest BCUT2D eigenvalue weighted by Gasteiger charge is 2.11. The van der Waals surface area contributed by atoms with Crippen molar-refractivity contribution in [1.82, 2.24) is 10.3 Å². The number of para-hydroxylation sites is 1. The van der Waals surface area contributed by atoms with Crippen molar-refractivity contribution in [1.29, 1.82) is 0 Å². The smallest absolute Gasteiger partial charge is 0.133 e. The van der Waals surface area contributed by atoms with Crippen LogP contribution in [0.5, 0.6) is 0 Å². The molecule has 1 aromatic heterocycles. The van der Waals surface area contributed by atoms with Crippen LogP contribution in [-0.2, 0) is 6.54 Å². The zero-order chi connectivity index (χ0) is 15.2. The molecule has 0 aliphatic heterocycles. The number of aromatic nitrogens is 1. The molecule has 0 unspecified atom stereocenters. The van der Waals surface area contributed by atoms with Crippen molar-refractivity contribution >= 4 is 11.5 Å². The lowest BCUT2D eigenvalue weighted by molar-refractivity contribution is 0.581. The molecule has 1 N–H and O–H groups in total. The molecule has 21 heavy (non-hydrogen) atoms. The topological polar surface area (TPSA) is 28.2 Å². The first-order valence-corrected chi connectivity index (χ1v) is 7.64. The summed E-state index contributed by atoms with van der Waals surface area (Å²) in [6.45, 7) is 10.3. The van der Waals surface area contributed by atoms with Crippen LogP contribution in [-0.4, -0.2) is 17.6 Å². The van der Waals surface area contributed by atoms with E-state index < -0.39 is 0 Å². The molecule has 1 heterocycles. The van der Waals surface area contributed by atoms with Gasteiger partial charge in [0.25, 0.3) is 0 Å². The van der Waals surface area contributed by atoms with Gasteiger partial charge in [-0.15, -0.1) is 0 Å². The Morgan fingerprint density at radius 2 is 1.86 bits per heavy atom. The average molecular weight is 283 g/mol. The lowest BCUT2D eigenvalue weighted by atomic mass is 10.2. The van der Waals surface area contributed by atoms with E-state index in [2.05, 4.69) is 80.4 Å². The number of pyridine rings is 1. The lowest BCUT2D eigenvalue weighted by Gasteiger charge is -2.24. The molecule has 2 aromatic rings. The Morgan fingerprint density at radius 3 is 2.52 bits per heavy atom. The summed E-state index contributed by atoms with van der Waals surface area (Å²) in [4.78, 5) is 7.05. The van der Waals surface area contributed by atoms with Crippen molar-refractivity contribution in [3.63, 3.8) is 0 Å². The van der Waals surface area contributed by atoms with Crippen LogP contribution in [0.4, 0.5) is 11.5 Å². The summed E-state index contributed by atoms with van der Waals surface area (Å²) in [5, 5.41) is 3.42. The second kappa shape index (κ2) is 7.23. The van der Waals surface area contributed by atoms with Gasteiger partial charge in [0.2, 0.25) is 0 Å². The lowest BCUT2D eigenvalue weighted by Crippen LogP contribution is -2.23. The molecule has 3 nitrogen and oxygen atoms in total. The van der Waals surface area contributed by atoms with Crippen molar-refractivity contribution in [3.8, 4) is 0 Å². The molecule has 0 fully saturated rings. The number of anilines is 2. The molecular weight excluding hydrogens is 258 g/mol. The molecule has 0 saturated heterocycles. The summed E-state index contributed by atoms with van der Waals surface area (Å²) in [6.07, 6.45) is 0. The SMILES string of the molecule is CCN(c1cccc(CNC(C)C)n1)c1ccccc1C. The normalized spacial score (nSPS) is 10.9. The minimum atomic E-state index is 0.467. The van der Waals surface area contributed by atoms with Gasteiger partial charge in [0.1, 0.15) is 5.82 Å². The summed E-state index contributed by atoms with van der Waals surface area (Å²) in [6, 6.07) is 15.1. The van der Waals surface area contributed by atoms with Crippen LogP contribution in [0.25, 0.3) is 0 Å². The third-order valence-electron chi connectivity index (χ3n) is 3.48. The Kier molecular flexibility index (Phi) is 5.34. The molecule has 0 atom stereocenters. The van der Waals surface area contributed by atoms with Crippen molar-refractivity contribution in [2.24, 2.45) is 0 Å². The van der Waals surface area contributed by atoms with E-state index in [-0.39, 0.29) is 0 Å². The van der Waals surface area contributed by atoms with Gasteiger partial charge in [-0.2, -0.15) is 0 Å². The van der Waals surface area contributed by atoms with E-state index >= 15 is 0 Å². The van der Waals surface area contributed by atoms with E-state index in [0.29, 0.717) is 6.04 Å². The number of aryl methyl sites for hydroxylation is 1. The summed E-state index contributed by atoms with van der Waals surface area (Å²) in [7, 11) is 0. The fraction of sp³-hybridized carbons (Fsp3) is 0.389. The maximum absolute atomic E-state index is 4.80. The minimum absolute atomic E-state index is 0.467. The van der Waals surface area contributed by atoms with Crippen molar-refractivity contribution in [2.75, 3.05) is 11.4 Å². The van der Waals surface area contributed by atoms with E-state index in [1.54, 1.807) is 0 Å². The quantitative estimate of drug-likeness (QED) is 0.867. The predicted molar refractivity (Wildman–Crippen MR) is 90.1 cm³/mol. The number of hydrogen-bond acceptors (Lipinski definition) is 3. The van der Waals surface area contributed by atoms with Gasteiger partial charge >= 0.3 is 0 Å². The minimum Gasteiger partial charge on any atom is -0.326 e.